The van der Waals surface area contributed by atoms with Crippen LogP contribution >= 0.6 is 11.3 Å². The summed E-state index contributed by atoms with van der Waals surface area (Å²) < 4.78 is 5.11. The molecule has 1 saturated carbocycles. The van der Waals surface area contributed by atoms with Crippen molar-refractivity contribution < 1.29 is 9.53 Å². The summed E-state index contributed by atoms with van der Waals surface area (Å²) >= 11 is 1.47. The van der Waals surface area contributed by atoms with Gasteiger partial charge in [-0.1, -0.05) is 11.8 Å². The predicted molar refractivity (Wildman–Crippen MR) is 80.7 cm³/mol. The number of ether oxygens (including phenoxy) is 1. The summed E-state index contributed by atoms with van der Waals surface area (Å²) in [6.45, 7) is 1.82. The van der Waals surface area contributed by atoms with Crippen molar-refractivity contribution in [1.82, 2.24) is 5.32 Å². The molecule has 0 spiro atoms. The summed E-state index contributed by atoms with van der Waals surface area (Å²) in [4.78, 5) is 12.9. The SMILES string of the molecule is COCCC1(CNC(=O)c2csc(C#CCN)c2)CC1. The maximum atomic E-state index is 12.1. The molecule has 1 aliphatic rings. The lowest BCUT2D eigenvalue weighted by Crippen LogP contribution is -2.30. The van der Waals surface area contributed by atoms with Gasteiger partial charge in [-0.2, -0.15) is 0 Å². The first-order chi connectivity index (χ1) is 9.69. The van der Waals surface area contributed by atoms with E-state index >= 15 is 0 Å². The molecular weight excluding hydrogens is 272 g/mol. The molecule has 0 unspecified atom stereocenters. The fraction of sp³-hybridized carbons (Fsp3) is 0.533. The van der Waals surface area contributed by atoms with Crippen molar-refractivity contribution in [2.75, 3.05) is 26.8 Å². The molecule has 0 saturated heterocycles. The Kier molecular flexibility index (Phi) is 5.18. The summed E-state index contributed by atoms with van der Waals surface area (Å²) in [5.41, 5.74) is 6.27. The molecule has 1 heterocycles. The van der Waals surface area contributed by atoms with E-state index in [4.69, 9.17) is 10.5 Å². The molecular formula is C15H20N2O2S. The Hall–Kier alpha value is -1.35. The third-order valence-corrected chi connectivity index (χ3v) is 4.44. The van der Waals surface area contributed by atoms with Gasteiger partial charge in [0.1, 0.15) is 0 Å². The molecule has 2 rings (SSSR count). The monoisotopic (exact) mass is 292 g/mol. The highest BCUT2D eigenvalue weighted by Crippen LogP contribution is 2.48. The molecule has 4 nitrogen and oxygen atoms in total. The van der Waals surface area contributed by atoms with Crippen LogP contribution < -0.4 is 11.1 Å². The zero-order valence-electron chi connectivity index (χ0n) is 11.7. The van der Waals surface area contributed by atoms with Gasteiger partial charge >= 0.3 is 0 Å². The van der Waals surface area contributed by atoms with Crippen LogP contribution in [0.4, 0.5) is 0 Å². The Labute approximate surface area is 123 Å². The molecule has 0 aliphatic heterocycles. The highest BCUT2D eigenvalue weighted by atomic mass is 32.1. The number of carbonyl (C=O) groups is 1. The number of nitrogens with two attached hydrogens (primary N) is 1. The van der Waals surface area contributed by atoms with Crippen molar-refractivity contribution in [1.29, 1.82) is 0 Å². The molecule has 0 atom stereocenters. The molecule has 1 amide bonds. The minimum atomic E-state index is -0.0225. The van der Waals surface area contributed by atoms with Crippen LogP contribution in [0.15, 0.2) is 11.4 Å². The molecule has 3 N–H and O–H groups in total. The van der Waals surface area contributed by atoms with E-state index in [0.717, 1.165) is 24.4 Å². The number of rotatable bonds is 6. The number of thiophene rings is 1. The van der Waals surface area contributed by atoms with E-state index in [9.17, 15) is 4.79 Å². The van der Waals surface area contributed by atoms with E-state index in [1.165, 1.54) is 24.2 Å². The summed E-state index contributed by atoms with van der Waals surface area (Å²) in [5.74, 6) is 5.71. The second kappa shape index (κ2) is 6.89. The number of nitrogens with one attached hydrogen (secondary N) is 1. The maximum Gasteiger partial charge on any atom is 0.252 e. The Balaban J connectivity index is 1.84. The minimum Gasteiger partial charge on any atom is -0.385 e. The van der Waals surface area contributed by atoms with Gasteiger partial charge in [0.25, 0.3) is 5.91 Å². The van der Waals surface area contributed by atoms with Gasteiger partial charge in [-0.15, -0.1) is 11.3 Å². The van der Waals surface area contributed by atoms with Gasteiger partial charge in [-0.05, 0) is 30.7 Å². The van der Waals surface area contributed by atoms with E-state index in [2.05, 4.69) is 17.2 Å². The molecule has 0 bridgehead atoms. The first-order valence-corrected chi connectivity index (χ1v) is 7.62. The smallest absolute Gasteiger partial charge is 0.252 e. The van der Waals surface area contributed by atoms with Crippen molar-refractivity contribution in [3.8, 4) is 11.8 Å². The van der Waals surface area contributed by atoms with E-state index < -0.39 is 0 Å². The van der Waals surface area contributed by atoms with Crippen molar-refractivity contribution in [3.63, 3.8) is 0 Å². The zero-order valence-corrected chi connectivity index (χ0v) is 12.5. The Morgan fingerprint density at radius 3 is 3.05 bits per heavy atom. The zero-order chi connectivity index (χ0) is 14.4. The molecule has 1 aliphatic carbocycles. The Bertz CT molecular complexity index is 523. The second-order valence-electron chi connectivity index (χ2n) is 5.13. The summed E-state index contributed by atoms with van der Waals surface area (Å²) in [5, 5.41) is 4.86. The average Bonchev–Trinajstić information content (AvgIpc) is 3.08. The van der Waals surface area contributed by atoms with Crippen molar-refractivity contribution >= 4 is 17.2 Å². The third kappa shape index (κ3) is 4.07. The highest BCUT2D eigenvalue weighted by molar-refractivity contribution is 7.10. The molecule has 0 radical (unpaired) electrons. The molecule has 1 aromatic rings. The first kappa shape index (κ1) is 15.0. The Morgan fingerprint density at radius 2 is 2.40 bits per heavy atom. The van der Waals surface area contributed by atoms with Crippen LogP contribution in [0.3, 0.4) is 0 Å². The molecule has 0 aromatic carbocycles. The lowest BCUT2D eigenvalue weighted by Gasteiger charge is -2.15. The lowest BCUT2D eigenvalue weighted by atomic mass is 10.0. The molecule has 20 heavy (non-hydrogen) atoms. The number of hydrogen-bond donors (Lipinski definition) is 2. The van der Waals surface area contributed by atoms with Crippen LogP contribution in [0.2, 0.25) is 0 Å². The van der Waals surface area contributed by atoms with Gasteiger partial charge in [-0.25, -0.2) is 0 Å². The second-order valence-corrected chi connectivity index (χ2v) is 6.04. The van der Waals surface area contributed by atoms with Gasteiger partial charge in [0, 0.05) is 25.6 Å². The Morgan fingerprint density at radius 1 is 1.60 bits per heavy atom. The molecule has 108 valence electrons. The highest BCUT2D eigenvalue weighted by Gasteiger charge is 2.42. The summed E-state index contributed by atoms with van der Waals surface area (Å²) in [7, 11) is 1.71. The summed E-state index contributed by atoms with van der Waals surface area (Å²) in [6, 6.07) is 1.82. The van der Waals surface area contributed by atoms with Gasteiger partial charge in [0.05, 0.1) is 17.0 Å². The van der Waals surface area contributed by atoms with E-state index in [0.29, 0.717) is 12.1 Å². The summed E-state index contributed by atoms with van der Waals surface area (Å²) in [6.07, 6.45) is 3.36. The predicted octanol–water partition coefficient (Wildman–Crippen LogP) is 1.60. The van der Waals surface area contributed by atoms with E-state index in [-0.39, 0.29) is 11.3 Å². The largest absolute Gasteiger partial charge is 0.385 e. The maximum absolute atomic E-state index is 12.1. The van der Waals surface area contributed by atoms with Gasteiger partial charge in [0.2, 0.25) is 0 Å². The van der Waals surface area contributed by atoms with Crippen LogP contribution in [0.5, 0.6) is 0 Å². The number of methoxy groups -OCH3 is 1. The van der Waals surface area contributed by atoms with Gasteiger partial charge < -0.3 is 15.8 Å². The van der Waals surface area contributed by atoms with Crippen molar-refractivity contribution in [2.45, 2.75) is 19.3 Å². The minimum absolute atomic E-state index is 0.0225. The van der Waals surface area contributed by atoms with Crippen LogP contribution in [0, 0.1) is 17.3 Å². The van der Waals surface area contributed by atoms with Crippen molar-refractivity contribution in [3.05, 3.63) is 21.9 Å². The number of hydrogen-bond acceptors (Lipinski definition) is 4. The average molecular weight is 292 g/mol. The first-order valence-electron chi connectivity index (χ1n) is 6.74. The van der Waals surface area contributed by atoms with Gasteiger partial charge in [-0.3, -0.25) is 4.79 Å². The third-order valence-electron chi connectivity index (χ3n) is 3.59. The quantitative estimate of drug-likeness (QED) is 0.783. The number of carbonyl (C=O) groups excluding carboxylic acids is 1. The topological polar surface area (TPSA) is 64.3 Å². The van der Waals surface area contributed by atoms with Crippen LogP contribution in [0.25, 0.3) is 0 Å². The van der Waals surface area contributed by atoms with Crippen LogP contribution in [-0.2, 0) is 4.74 Å². The van der Waals surface area contributed by atoms with Gasteiger partial charge in [0.15, 0.2) is 0 Å². The molecule has 1 aromatic heterocycles. The van der Waals surface area contributed by atoms with E-state index in [1.54, 1.807) is 7.11 Å². The van der Waals surface area contributed by atoms with Crippen LogP contribution in [0.1, 0.15) is 34.5 Å². The fourth-order valence-electron chi connectivity index (χ4n) is 2.04. The number of amides is 1. The standard InChI is InChI=1S/C15H20N2O2S/c1-19-8-6-15(4-5-15)11-17-14(18)12-9-13(20-10-12)3-2-7-16/h9-10H,4-8,11,16H2,1H3,(H,17,18). The van der Waals surface area contributed by atoms with Crippen molar-refractivity contribution in [2.24, 2.45) is 11.1 Å². The fourth-order valence-corrected chi connectivity index (χ4v) is 2.79. The van der Waals surface area contributed by atoms with Crippen LogP contribution in [-0.4, -0.2) is 32.7 Å². The normalized spacial score (nSPS) is 15.3. The van der Waals surface area contributed by atoms with E-state index in [1.807, 2.05) is 11.4 Å². The molecule has 5 heteroatoms. The molecule has 1 fully saturated rings. The lowest BCUT2D eigenvalue weighted by molar-refractivity contribution is 0.0938.